The summed E-state index contributed by atoms with van der Waals surface area (Å²) in [6.07, 6.45) is 1.07. The van der Waals surface area contributed by atoms with Crippen molar-refractivity contribution < 1.29 is 0 Å². The zero-order valence-electron chi connectivity index (χ0n) is 12.1. The van der Waals surface area contributed by atoms with E-state index in [0.717, 1.165) is 67.4 Å². The van der Waals surface area contributed by atoms with Crippen LogP contribution in [0.3, 0.4) is 0 Å². The number of para-hydroxylation sites is 1. The third-order valence-corrected chi connectivity index (χ3v) is 4.34. The van der Waals surface area contributed by atoms with Gasteiger partial charge in [-0.15, -0.1) is 0 Å². The third kappa shape index (κ3) is 3.28. The van der Waals surface area contributed by atoms with Gasteiger partial charge in [-0.1, -0.05) is 23.7 Å². The van der Waals surface area contributed by atoms with E-state index in [2.05, 4.69) is 21.9 Å². The first kappa shape index (κ1) is 14.6. The molecule has 1 aromatic heterocycles. The molecule has 1 saturated heterocycles. The number of nitrogens with two attached hydrogens (primary N) is 1. The van der Waals surface area contributed by atoms with Crippen LogP contribution in [0.25, 0.3) is 10.9 Å². The van der Waals surface area contributed by atoms with E-state index in [-0.39, 0.29) is 0 Å². The number of benzene rings is 1. The zero-order chi connectivity index (χ0) is 14.7. The standard InChI is InChI=1S/C16H21ClN4/c17-14-4-1-3-13-5-6-15(19-16(13)14)21-11-9-20(10-12-21)8-2-7-18/h1,3-6H,2,7-12,18H2. The highest BCUT2D eigenvalue weighted by molar-refractivity contribution is 6.35. The fraction of sp³-hybridized carbons (Fsp3) is 0.438. The smallest absolute Gasteiger partial charge is 0.129 e. The molecule has 1 aromatic carbocycles. The highest BCUT2D eigenvalue weighted by Crippen LogP contribution is 2.24. The lowest BCUT2D eigenvalue weighted by molar-refractivity contribution is 0.256. The molecule has 2 heterocycles. The molecule has 21 heavy (non-hydrogen) atoms. The summed E-state index contributed by atoms with van der Waals surface area (Å²) in [5, 5.41) is 1.81. The molecule has 0 radical (unpaired) electrons. The Bertz CT molecular complexity index is 608. The number of pyridine rings is 1. The van der Waals surface area contributed by atoms with E-state index in [1.165, 1.54) is 0 Å². The van der Waals surface area contributed by atoms with Crippen molar-refractivity contribution in [3.05, 3.63) is 35.4 Å². The minimum absolute atomic E-state index is 0.718. The number of halogens is 1. The Labute approximate surface area is 130 Å². The molecule has 0 atom stereocenters. The van der Waals surface area contributed by atoms with Gasteiger partial charge in [-0.3, -0.25) is 4.90 Å². The Hall–Kier alpha value is -1.36. The topological polar surface area (TPSA) is 45.4 Å². The van der Waals surface area contributed by atoms with Gasteiger partial charge in [0.2, 0.25) is 0 Å². The van der Waals surface area contributed by atoms with Crippen LogP contribution in [-0.4, -0.2) is 49.2 Å². The summed E-state index contributed by atoms with van der Waals surface area (Å²) in [4.78, 5) is 9.55. The largest absolute Gasteiger partial charge is 0.354 e. The van der Waals surface area contributed by atoms with Gasteiger partial charge < -0.3 is 10.6 Å². The van der Waals surface area contributed by atoms with E-state index in [4.69, 9.17) is 22.3 Å². The van der Waals surface area contributed by atoms with Crippen molar-refractivity contribution in [3.8, 4) is 0 Å². The van der Waals surface area contributed by atoms with Crippen molar-refractivity contribution in [2.75, 3.05) is 44.2 Å². The number of piperazine rings is 1. The predicted molar refractivity (Wildman–Crippen MR) is 89.1 cm³/mol. The molecule has 4 nitrogen and oxygen atoms in total. The van der Waals surface area contributed by atoms with E-state index in [0.29, 0.717) is 0 Å². The molecule has 0 aliphatic carbocycles. The number of aromatic nitrogens is 1. The lowest BCUT2D eigenvalue weighted by Gasteiger charge is -2.35. The molecule has 1 aliphatic rings. The third-order valence-electron chi connectivity index (χ3n) is 4.03. The summed E-state index contributed by atoms with van der Waals surface area (Å²) in [5.74, 6) is 1.02. The highest BCUT2D eigenvalue weighted by atomic mass is 35.5. The quantitative estimate of drug-likeness (QED) is 0.942. The van der Waals surface area contributed by atoms with Crippen molar-refractivity contribution in [1.82, 2.24) is 9.88 Å². The van der Waals surface area contributed by atoms with Crippen LogP contribution < -0.4 is 10.6 Å². The van der Waals surface area contributed by atoms with Crippen LogP contribution in [0.4, 0.5) is 5.82 Å². The molecule has 112 valence electrons. The lowest BCUT2D eigenvalue weighted by atomic mass is 10.2. The second kappa shape index (κ2) is 6.60. The lowest BCUT2D eigenvalue weighted by Crippen LogP contribution is -2.47. The van der Waals surface area contributed by atoms with Crippen LogP contribution in [0.5, 0.6) is 0 Å². The average Bonchev–Trinajstić information content (AvgIpc) is 2.54. The van der Waals surface area contributed by atoms with Gasteiger partial charge in [0.25, 0.3) is 0 Å². The van der Waals surface area contributed by atoms with Crippen LogP contribution in [0.1, 0.15) is 6.42 Å². The second-order valence-corrected chi connectivity index (χ2v) is 5.86. The number of nitrogens with zero attached hydrogens (tertiary/aromatic N) is 3. The van der Waals surface area contributed by atoms with Gasteiger partial charge in [0.05, 0.1) is 10.5 Å². The molecule has 2 N–H and O–H groups in total. The van der Waals surface area contributed by atoms with Crippen molar-refractivity contribution in [3.63, 3.8) is 0 Å². The maximum absolute atomic E-state index is 6.25. The highest BCUT2D eigenvalue weighted by Gasteiger charge is 2.17. The van der Waals surface area contributed by atoms with E-state index < -0.39 is 0 Å². The Morgan fingerprint density at radius 2 is 1.90 bits per heavy atom. The SMILES string of the molecule is NCCCN1CCN(c2ccc3cccc(Cl)c3n2)CC1. The van der Waals surface area contributed by atoms with Crippen LogP contribution >= 0.6 is 11.6 Å². The molecule has 0 amide bonds. The Kier molecular flexibility index (Phi) is 4.58. The molecule has 1 fully saturated rings. The van der Waals surface area contributed by atoms with Gasteiger partial charge in [-0.2, -0.15) is 0 Å². The first-order chi connectivity index (χ1) is 10.3. The first-order valence-corrected chi connectivity index (χ1v) is 7.88. The minimum atomic E-state index is 0.718. The van der Waals surface area contributed by atoms with E-state index >= 15 is 0 Å². The van der Waals surface area contributed by atoms with Crippen molar-refractivity contribution in [2.45, 2.75) is 6.42 Å². The average molecular weight is 305 g/mol. The Balaban J connectivity index is 1.72. The normalized spacial score (nSPS) is 16.6. The van der Waals surface area contributed by atoms with Crippen LogP contribution in [0, 0.1) is 0 Å². The number of fused-ring (bicyclic) bond motifs is 1. The monoisotopic (exact) mass is 304 g/mol. The number of anilines is 1. The Morgan fingerprint density at radius 1 is 1.10 bits per heavy atom. The summed E-state index contributed by atoms with van der Waals surface area (Å²) in [5.41, 5.74) is 6.46. The molecule has 1 aliphatic heterocycles. The van der Waals surface area contributed by atoms with E-state index in [1.807, 2.05) is 18.2 Å². The molecule has 2 aromatic rings. The molecular weight excluding hydrogens is 284 g/mol. The minimum Gasteiger partial charge on any atom is -0.354 e. The van der Waals surface area contributed by atoms with Crippen LogP contribution in [0.15, 0.2) is 30.3 Å². The van der Waals surface area contributed by atoms with Crippen LogP contribution in [0.2, 0.25) is 5.02 Å². The molecule has 0 saturated carbocycles. The molecule has 0 bridgehead atoms. The molecule has 0 spiro atoms. The number of hydrogen-bond acceptors (Lipinski definition) is 4. The van der Waals surface area contributed by atoms with Crippen LogP contribution in [-0.2, 0) is 0 Å². The Morgan fingerprint density at radius 3 is 2.67 bits per heavy atom. The van der Waals surface area contributed by atoms with E-state index in [1.54, 1.807) is 0 Å². The van der Waals surface area contributed by atoms with Gasteiger partial charge in [0, 0.05) is 31.6 Å². The fourth-order valence-electron chi connectivity index (χ4n) is 2.79. The summed E-state index contributed by atoms with van der Waals surface area (Å²) in [6, 6.07) is 10.1. The molecular formula is C16H21ClN4. The van der Waals surface area contributed by atoms with Crippen molar-refractivity contribution >= 4 is 28.3 Å². The van der Waals surface area contributed by atoms with Gasteiger partial charge >= 0.3 is 0 Å². The molecule has 0 unspecified atom stereocenters. The maximum Gasteiger partial charge on any atom is 0.129 e. The van der Waals surface area contributed by atoms with Gasteiger partial charge in [0.15, 0.2) is 0 Å². The summed E-state index contributed by atoms with van der Waals surface area (Å²) in [7, 11) is 0. The number of rotatable bonds is 4. The van der Waals surface area contributed by atoms with Gasteiger partial charge in [-0.25, -0.2) is 4.98 Å². The zero-order valence-corrected chi connectivity index (χ0v) is 12.9. The predicted octanol–water partition coefficient (Wildman–Crippen LogP) is 2.36. The maximum atomic E-state index is 6.25. The van der Waals surface area contributed by atoms with Crippen molar-refractivity contribution in [1.29, 1.82) is 0 Å². The van der Waals surface area contributed by atoms with Crippen molar-refractivity contribution in [2.24, 2.45) is 5.73 Å². The summed E-state index contributed by atoms with van der Waals surface area (Å²) in [6.45, 7) is 6.03. The molecule has 3 rings (SSSR count). The fourth-order valence-corrected chi connectivity index (χ4v) is 3.02. The first-order valence-electron chi connectivity index (χ1n) is 7.50. The second-order valence-electron chi connectivity index (χ2n) is 5.45. The summed E-state index contributed by atoms with van der Waals surface area (Å²) < 4.78 is 0. The number of hydrogen-bond donors (Lipinski definition) is 1. The van der Waals surface area contributed by atoms with Gasteiger partial charge in [-0.05, 0) is 37.7 Å². The summed E-state index contributed by atoms with van der Waals surface area (Å²) >= 11 is 6.25. The molecule has 5 heteroatoms. The van der Waals surface area contributed by atoms with E-state index in [9.17, 15) is 0 Å². The van der Waals surface area contributed by atoms with Gasteiger partial charge in [0.1, 0.15) is 5.82 Å².